The SMILES string of the molecule is COc1cc(C(=O)[O-])cc(Cl)c1OCc1ccccc1Cl. The van der Waals surface area contributed by atoms with Crippen LogP contribution >= 0.6 is 23.2 Å². The van der Waals surface area contributed by atoms with Gasteiger partial charge in [-0.3, -0.25) is 0 Å². The van der Waals surface area contributed by atoms with E-state index in [2.05, 4.69) is 0 Å². The van der Waals surface area contributed by atoms with Gasteiger partial charge in [0.25, 0.3) is 0 Å². The van der Waals surface area contributed by atoms with E-state index < -0.39 is 5.97 Å². The summed E-state index contributed by atoms with van der Waals surface area (Å²) in [5.74, 6) is -0.870. The molecule has 0 aliphatic carbocycles. The molecule has 0 N–H and O–H groups in total. The molecule has 2 rings (SSSR count). The minimum Gasteiger partial charge on any atom is -0.545 e. The molecule has 2 aromatic carbocycles. The second-order valence-corrected chi connectivity index (χ2v) is 4.97. The molecule has 0 aliphatic heterocycles. The van der Waals surface area contributed by atoms with Crippen molar-refractivity contribution < 1.29 is 19.4 Å². The van der Waals surface area contributed by atoms with E-state index in [4.69, 9.17) is 32.7 Å². The summed E-state index contributed by atoms with van der Waals surface area (Å²) in [6, 6.07) is 9.76. The second kappa shape index (κ2) is 6.70. The number of ether oxygens (including phenoxy) is 2. The monoisotopic (exact) mass is 325 g/mol. The largest absolute Gasteiger partial charge is 0.545 e. The van der Waals surface area contributed by atoms with Crippen LogP contribution in [0.2, 0.25) is 10.0 Å². The van der Waals surface area contributed by atoms with Gasteiger partial charge in [0, 0.05) is 16.1 Å². The van der Waals surface area contributed by atoms with Crippen LogP contribution in [0.4, 0.5) is 0 Å². The average Bonchev–Trinajstić information content (AvgIpc) is 2.46. The van der Waals surface area contributed by atoms with Crippen LogP contribution in [0.25, 0.3) is 0 Å². The van der Waals surface area contributed by atoms with E-state index in [1.165, 1.54) is 19.2 Å². The first-order valence-electron chi connectivity index (χ1n) is 5.98. The summed E-state index contributed by atoms with van der Waals surface area (Å²) in [4.78, 5) is 10.9. The zero-order valence-corrected chi connectivity index (χ0v) is 12.6. The van der Waals surface area contributed by atoms with Gasteiger partial charge in [0.1, 0.15) is 6.61 Å². The van der Waals surface area contributed by atoms with Crippen molar-refractivity contribution in [1.82, 2.24) is 0 Å². The fraction of sp³-hybridized carbons (Fsp3) is 0.133. The Balaban J connectivity index is 2.28. The van der Waals surface area contributed by atoms with Gasteiger partial charge in [-0.25, -0.2) is 0 Å². The standard InChI is InChI=1S/C15H12Cl2O4/c1-20-13-7-10(15(18)19)6-12(17)14(13)21-8-9-4-2-3-5-11(9)16/h2-7H,8H2,1H3,(H,18,19)/p-1. The van der Waals surface area contributed by atoms with Crippen molar-refractivity contribution >= 4 is 29.2 Å². The zero-order valence-electron chi connectivity index (χ0n) is 11.1. The Kier molecular flexibility index (Phi) is 4.94. The zero-order chi connectivity index (χ0) is 15.4. The molecule has 2 aromatic rings. The average molecular weight is 326 g/mol. The van der Waals surface area contributed by atoms with Crippen LogP contribution in [0.3, 0.4) is 0 Å². The number of benzene rings is 2. The molecule has 0 radical (unpaired) electrons. The van der Waals surface area contributed by atoms with Crippen LogP contribution in [0.15, 0.2) is 36.4 Å². The molecule has 0 saturated heterocycles. The maximum atomic E-state index is 10.9. The smallest absolute Gasteiger partial charge is 0.180 e. The maximum Gasteiger partial charge on any atom is 0.180 e. The molecule has 21 heavy (non-hydrogen) atoms. The lowest BCUT2D eigenvalue weighted by atomic mass is 10.2. The topological polar surface area (TPSA) is 58.6 Å². The van der Waals surface area contributed by atoms with Gasteiger partial charge in [-0.2, -0.15) is 0 Å². The minimum atomic E-state index is -1.34. The number of carboxylic acids is 1. The summed E-state index contributed by atoms with van der Waals surface area (Å²) >= 11 is 12.1. The molecular weight excluding hydrogens is 315 g/mol. The van der Waals surface area contributed by atoms with E-state index in [1.807, 2.05) is 18.2 Å². The fourth-order valence-corrected chi connectivity index (χ4v) is 2.20. The fourth-order valence-electron chi connectivity index (χ4n) is 1.74. The number of carbonyl (C=O) groups excluding carboxylic acids is 1. The highest BCUT2D eigenvalue weighted by Gasteiger charge is 2.13. The molecule has 110 valence electrons. The molecule has 0 fully saturated rings. The third-order valence-electron chi connectivity index (χ3n) is 2.79. The number of rotatable bonds is 5. The number of halogens is 2. The predicted molar refractivity (Wildman–Crippen MR) is 78.1 cm³/mol. The van der Waals surface area contributed by atoms with Crippen LogP contribution in [0, 0.1) is 0 Å². The molecule has 0 heterocycles. The van der Waals surface area contributed by atoms with E-state index in [9.17, 15) is 9.90 Å². The van der Waals surface area contributed by atoms with E-state index in [0.717, 1.165) is 5.56 Å². The lowest BCUT2D eigenvalue weighted by Gasteiger charge is -2.15. The molecule has 0 aromatic heterocycles. The van der Waals surface area contributed by atoms with Crippen molar-refractivity contribution in [3.05, 3.63) is 57.6 Å². The number of carboxylic acid groups (broad SMARTS) is 1. The van der Waals surface area contributed by atoms with Crippen LogP contribution in [-0.4, -0.2) is 13.1 Å². The molecule has 0 amide bonds. The molecule has 0 atom stereocenters. The summed E-state index contributed by atoms with van der Waals surface area (Å²) in [6.45, 7) is 0.181. The summed E-state index contributed by atoms with van der Waals surface area (Å²) in [5.41, 5.74) is 0.697. The van der Waals surface area contributed by atoms with Gasteiger partial charge in [-0.1, -0.05) is 41.4 Å². The van der Waals surface area contributed by atoms with Gasteiger partial charge >= 0.3 is 0 Å². The van der Waals surface area contributed by atoms with E-state index in [-0.39, 0.29) is 28.7 Å². The van der Waals surface area contributed by atoms with Crippen molar-refractivity contribution in [2.24, 2.45) is 0 Å². The highest BCUT2D eigenvalue weighted by atomic mass is 35.5. The minimum absolute atomic E-state index is 0.0815. The summed E-state index contributed by atoms with van der Waals surface area (Å²) < 4.78 is 10.7. The molecular formula is C15H11Cl2O4-. The van der Waals surface area contributed by atoms with Crippen LogP contribution in [0.1, 0.15) is 15.9 Å². The molecule has 0 bridgehead atoms. The van der Waals surface area contributed by atoms with Gasteiger partial charge in [0.05, 0.1) is 18.1 Å². The van der Waals surface area contributed by atoms with Gasteiger partial charge in [-0.15, -0.1) is 0 Å². The first kappa shape index (κ1) is 15.5. The van der Waals surface area contributed by atoms with Crippen molar-refractivity contribution in [2.45, 2.75) is 6.61 Å². The third-order valence-corrected chi connectivity index (χ3v) is 3.44. The van der Waals surface area contributed by atoms with Gasteiger partial charge in [0.2, 0.25) is 0 Å². The van der Waals surface area contributed by atoms with Crippen molar-refractivity contribution in [1.29, 1.82) is 0 Å². The molecule has 0 unspecified atom stereocenters. The lowest BCUT2D eigenvalue weighted by Crippen LogP contribution is -2.22. The third kappa shape index (κ3) is 3.60. The summed E-state index contributed by atoms with van der Waals surface area (Å²) in [7, 11) is 1.40. The Morgan fingerprint density at radius 1 is 1.19 bits per heavy atom. The summed E-state index contributed by atoms with van der Waals surface area (Å²) in [6.07, 6.45) is 0. The van der Waals surface area contributed by atoms with Crippen LogP contribution in [0.5, 0.6) is 11.5 Å². The Morgan fingerprint density at radius 3 is 2.52 bits per heavy atom. The highest BCUT2D eigenvalue weighted by molar-refractivity contribution is 6.32. The molecule has 0 aliphatic rings. The van der Waals surface area contributed by atoms with Crippen molar-refractivity contribution in [3.8, 4) is 11.5 Å². The van der Waals surface area contributed by atoms with Crippen molar-refractivity contribution in [3.63, 3.8) is 0 Å². The number of methoxy groups -OCH3 is 1. The number of hydrogen-bond donors (Lipinski definition) is 0. The summed E-state index contributed by atoms with van der Waals surface area (Å²) in [5, 5.41) is 11.6. The Morgan fingerprint density at radius 2 is 1.90 bits per heavy atom. The van der Waals surface area contributed by atoms with Crippen LogP contribution in [-0.2, 0) is 6.61 Å². The normalized spacial score (nSPS) is 10.2. The van der Waals surface area contributed by atoms with Gasteiger partial charge in [0.15, 0.2) is 11.5 Å². The molecule has 0 saturated carbocycles. The Bertz CT molecular complexity index is 671. The lowest BCUT2D eigenvalue weighted by molar-refractivity contribution is -0.255. The van der Waals surface area contributed by atoms with E-state index >= 15 is 0 Å². The quantitative estimate of drug-likeness (QED) is 0.848. The Labute approximate surface area is 131 Å². The first-order valence-corrected chi connectivity index (χ1v) is 6.73. The van der Waals surface area contributed by atoms with Gasteiger partial charge in [-0.05, 0) is 18.2 Å². The first-order chi connectivity index (χ1) is 10.0. The number of carbonyl (C=O) groups is 1. The maximum absolute atomic E-state index is 10.9. The molecule has 6 heteroatoms. The Hall–Kier alpha value is -1.91. The van der Waals surface area contributed by atoms with E-state index in [1.54, 1.807) is 6.07 Å². The highest BCUT2D eigenvalue weighted by Crippen LogP contribution is 2.37. The van der Waals surface area contributed by atoms with Crippen molar-refractivity contribution in [2.75, 3.05) is 7.11 Å². The number of aromatic carboxylic acids is 1. The van der Waals surface area contributed by atoms with E-state index in [0.29, 0.717) is 5.02 Å². The van der Waals surface area contributed by atoms with Crippen LogP contribution < -0.4 is 14.6 Å². The molecule has 4 nitrogen and oxygen atoms in total. The number of hydrogen-bond acceptors (Lipinski definition) is 4. The predicted octanol–water partition coefficient (Wildman–Crippen LogP) is 2.94. The van der Waals surface area contributed by atoms with Gasteiger partial charge < -0.3 is 19.4 Å². The molecule has 0 spiro atoms. The second-order valence-electron chi connectivity index (χ2n) is 4.16.